The van der Waals surface area contributed by atoms with Crippen LogP contribution in [0.5, 0.6) is 11.5 Å². The van der Waals surface area contributed by atoms with Crippen LogP contribution in [0.1, 0.15) is 54.4 Å². The molecule has 2 nitrogen and oxygen atoms in total. The van der Waals surface area contributed by atoms with E-state index in [4.69, 9.17) is 9.47 Å². The SMILES string of the molecule is CCCC[P@@]1c2c(cccc2-c2cccc3c2[P@](C(C)(C)C)[C@@H](C)O3)O[C@@H]1C. The molecule has 2 aromatic rings. The van der Waals surface area contributed by atoms with Gasteiger partial charge >= 0.3 is 0 Å². The number of hydrogen-bond donors (Lipinski definition) is 0. The summed E-state index contributed by atoms with van der Waals surface area (Å²) in [4.78, 5) is 0. The Morgan fingerprint density at radius 2 is 1.43 bits per heavy atom. The molecule has 0 spiro atoms. The van der Waals surface area contributed by atoms with E-state index < -0.39 is 7.92 Å². The summed E-state index contributed by atoms with van der Waals surface area (Å²) >= 11 is 0. The highest BCUT2D eigenvalue weighted by atomic mass is 31.1. The van der Waals surface area contributed by atoms with Gasteiger partial charge in [0, 0.05) is 10.6 Å². The van der Waals surface area contributed by atoms with Crippen LogP contribution in [-0.4, -0.2) is 23.0 Å². The zero-order valence-electron chi connectivity index (χ0n) is 18.0. The highest BCUT2D eigenvalue weighted by molar-refractivity contribution is 7.68. The molecule has 0 fully saturated rings. The van der Waals surface area contributed by atoms with E-state index in [2.05, 4.69) is 77.9 Å². The summed E-state index contributed by atoms with van der Waals surface area (Å²) in [6.07, 6.45) is 3.77. The van der Waals surface area contributed by atoms with Gasteiger partial charge in [0.1, 0.15) is 23.2 Å². The van der Waals surface area contributed by atoms with Crippen LogP contribution < -0.4 is 20.1 Å². The number of fused-ring (bicyclic) bond motifs is 2. The lowest BCUT2D eigenvalue weighted by Crippen LogP contribution is -2.23. The fraction of sp³-hybridized carbons (Fsp3) is 0.500. The fourth-order valence-electron chi connectivity index (χ4n) is 4.56. The van der Waals surface area contributed by atoms with Crippen molar-refractivity contribution in [3.8, 4) is 22.6 Å². The highest BCUT2D eigenvalue weighted by Gasteiger charge is 2.42. The first-order valence-electron chi connectivity index (χ1n) is 10.5. The molecule has 4 rings (SSSR count). The quantitative estimate of drug-likeness (QED) is 0.522. The maximum absolute atomic E-state index is 6.34. The van der Waals surface area contributed by atoms with Crippen molar-refractivity contribution in [1.82, 2.24) is 0 Å². The molecular formula is C24H32O2P2. The molecule has 150 valence electrons. The van der Waals surface area contributed by atoms with Crippen molar-refractivity contribution in [3.05, 3.63) is 36.4 Å². The zero-order chi connectivity index (χ0) is 20.1. The van der Waals surface area contributed by atoms with E-state index in [9.17, 15) is 0 Å². The van der Waals surface area contributed by atoms with Gasteiger partial charge in [0.25, 0.3) is 0 Å². The Labute approximate surface area is 172 Å². The van der Waals surface area contributed by atoms with Crippen LogP contribution in [0, 0.1) is 0 Å². The second-order valence-corrected chi connectivity index (χ2v) is 14.6. The number of rotatable bonds is 4. The van der Waals surface area contributed by atoms with E-state index in [1.54, 1.807) is 0 Å². The van der Waals surface area contributed by atoms with Gasteiger partial charge in [-0.2, -0.15) is 0 Å². The monoisotopic (exact) mass is 414 g/mol. The molecule has 0 aliphatic carbocycles. The molecule has 0 saturated carbocycles. The molecule has 0 radical (unpaired) electrons. The van der Waals surface area contributed by atoms with Crippen LogP contribution in [0.4, 0.5) is 0 Å². The van der Waals surface area contributed by atoms with E-state index >= 15 is 0 Å². The molecule has 0 bridgehead atoms. The summed E-state index contributed by atoms with van der Waals surface area (Å²) in [5.74, 6) is 2.78. The van der Waals surface area contributed by atoms with Gasteiger partial charge in [-0.1, -0.05) is 58.4 Å². The third-order valence-electron chi connectivity index (χ3n) is 5.69. The van der Waals surface area contributed by atoms with E-state index in [-0.39, 0.29) is 18.9 Å². The Bertz CT molecular complexity index is 871. The molecule has 2 aliphatic rings. The van der Waals surface area contributed by atoms with E-state index in [1.165, 1.54) is 40.7 Å². The zero-order valence-corrected chi connectivity index (χ0v) is 19.7. The summed E-state index contributed by atoms with van der Waals surface area (Å²) in [7, 11) is -0.695. The van der Waals surface area contributed by atoms with Gasteiger partial charge in [0.15, 0.2) is 0 Å². The molecule has 2 aromatic carbocycles. The van der Waals surface area contributed by atoms with Gasteiger partial charge in [0.2, 0.25) is 0 Å². The summed E-state index contributed by atoms with van der Waals surface area (Å²) in [6.45, 7) is 13.9. The van der Waals surface area contributed by atoms with E-state index in [0.29, 0.717) is 5.85 Å². The Morgan fingerprint density at radius 1 is 0.857 bits per heavy atom. The Balaban J connectivity index is 1.88. The van der Waals surface area contributed by atoms with Crippen molar-refractivity contribution in [2.24, 2.45) is 0 Å². The molecule has 0 aromatic heterocycles. The van der Waals surface area contributed by atoms with Crippen molar-refractivity contribution in [2.45, 2.75) is 71.2 Å². The standard InChI is InChI=1S/C24H32O2P2/c1-7-8-15-27-16(2)25-20-13-9-11-18(22(20)27)19-12-10-14-21-23(19)28(17(3)26-21)24(4,5)6/h9-14,16-17H,7-8,15H2,1-6H3/t16-,17-,27+,28+/m0/s1. The maximum Gasteiger partial charge on any atom is 0.128 e. The van der Waals surface area contributed by atoms with Crippen molar-refractivity contribution >= 4 is 26.5 Å². The van der Waals surface area contributed by atoms with Crippen LogP contribution in [0.15, 0.2) is 36.4 Å². The molecule has 28 heavy (non-hydrogen) atoms. The molecule has 2 aliphatic heterocycles. The topological polar surface area (TPSA) is 18.5 Å². The average Bonchev–Trinajstić information content (AvgIpc) is 3.14. The van der Waals surface area contributed by atoms with E-state index in [1.807, 2.05) is 0 Å². The van der Waals surface area contributed by atoms with E-state index in [0.717, 1.165) is 11.5 Å². The molecule has 0 amide bonds. The first-order valence-corrected chi connectivity index (χ1v) is 13.5. The minimum absolute atomic E-state index is 0.213. The summed E-state index contributed by atoms with van der Waals surface area (Å²) in [5.41, 5.74) is 2.76. The summed E-state index contributed by atoms with van der Waals surface area (Å²) < 4.78 is 12.7. The fourth-order valence-corrected chi connectivity index (χ4v) is 10.5. The van der Waals surface area contributed by atoms with Gasteiger partial charge in [-0.05, 0) is 70.7 Å². The van der Waals surface area contributed by atoms with Crippen LogP contribution in [0.25, 0.3) is 11.1 Å². The Kier molecular flexibility index (Phi) is 5.49. The molecule has 0 N–H and O–H groups in total. The minimum Gasteiger partial charge on any atom is -0.485 e. The smallest absolute Gasteiger partial charge is 0.128 e. The van der Waals surface area contributed by atoms with Crippen LogP contribution in [0.3, 0.4) is 0 Å². The first kappa shape index (κ1) is 20.2. The summed E-state index contributed by atoms with van der Waals surface area (Å²) in [6, 6.07) is 13.3. The molecule has 4 heteroatoms. The van der Waals surface area contributed by atoms with Crippen LogP contribution >= 0.6 is 15.8 Å². The summed E-state index contributed by atoms with van der Waals surface area (Å²) in [5, 5.41) is 3.15. The predicted octanol–water partition coefficient (Wildman–Crippen LogP) is 6.64. The average molecular weight is 414 g/mol. The second-order valence-electron chi connectivity index (χ2n) is 8.83. The lowest BCUT2D eigenvalue weighted by molar-refractivity contribution is 0.313. The third kappa shape index (κ3) is 3.38. The normalized spacial score (nSPS) is 25.8. The van der Waals surface area contributed by atoms with Gasteiger partial charge in [-0.3, -0.25) is 0 Å². The Morgan fingerprint density at radius 3 is 2.04 bits per heavy atom. The highest BCUT2D eigenvalue weighted by Crippen LogP contribution is 2.60. The number of ether oxygens (including phenoxy) is 2. The maximum atomic E-state index is 6.34. The second kappa shape index (κ2) is 7.62. The number of unbranched alkanes of at least 4 members (excludes halogenated alkanes) is 1. The molecule has 4 atom stereocenters. The van der Waals surface area contributed by atoms with Crippen LogP contribution in [0.2, 0.25) is 0 Å². The van der Waals surface area contributed by atoms with Crippen molar-refractivity contribution in [1.29, 1.82) is 0 Å². The van der Waals surface area contributed by atoms with Crippen molar-refractivity contribution in [3.63, 3.8) is 0 Å². The first-order chi connectivity index (χ1) is 13.3. The van der Waals surface area contributed by atoms with Gasteiger partial charge in [0.05, 0.1) is 0 Å². The largest absolute Gasteiger partial charge is 0.485 e. The molecular weight excluding hydrogens is 382 g/mol. The Hall–Kier alpha value is -1.10. The molecule has 0 unspecified atom stereocenters. The lowest BCUT2D eigenvalue weighted by atomic mass is 10.0. The molecule has 2 heterocycles. The number of benzene rings is 2. The lowest BCUT2D eigenvalue weighted by Gasteiger charge is -2.31. The van der Waals surface area contributed by atoms with Crippen molar-refractivity contribution < 1.29 is 9.47 Å². The van der Waals surface area contributed by atoms with Gasteiger partial charge < -0.3 is 9.47 Å². The van der Waals surface area contributed by atoms with Crippen molar-refractivity contribution in [2.75, 3.05) is 6.16 Å². The minimum atomic E-state index is -0.406. The predicted molar refractivity (Wildman–Crippen MR) is 125 cm³/mol. The third-order valence-corrected chi connectivity index (χ3v) is 11.7. The number of hydrogen-bond acceptors (Lipinski definition) is 2. The molecule has 0 saturated heterocycles. The van der Waals surface area contributed by atoms with Gasteiger partial charge in [-0.15, -0.1) is 0 Å². The van der Waals surface area contributed by atoms with Gasteiger partial charge in [-0.25, -0.2) is 0 Å². The van der Waals surface area contributed by atoms with Crippen LogP contribution in [-0.2, 0) is 0 Å².